The number of fused-ring (bicyclic) bond motifs is 1. The summed E-state index contributed by atoms with van der Waals surface area (Å²) in [5.74, 6) is -0.431. The average Bonchev–Trinajstić information content (AvgIpc) is 2.75. The van der Waals surface area contributed by atoms with Gasteiger partial charge in [0.15, 0.2) is 0 Å². The van der Waals surface area contributed by atoms with E-state index >= 15 is 0 Å². The number of carbonyl (C=O) groups is 1. The number of aromatic hydroxyl groups is 1. The molecule has 5 nitrogen and oxygen atoms in total. The maximum atomic E-state index is 12.1. The molecule has 0 radical (unpaired) electrons. The van der Waals surface area contributed by atoms with Crippen LogP contribution in [0.4, 0.5) is 0 Å². The Morgan fingerprint density at radius 3 is 2.90 bits per heavy atom. The van der Waals surface area contributed by atoms with Crippen LogP contribution >= 0.6 is 0 Å². The first-order valence-corrected chi connectivity index (χ1v) is 6.36. The Labute approximate surface area is 115 Å². The van der Waals surface area contributed by atoms with E-state index < -0.39 is 12.1 Å². The standard InChI is InChI=1S/C15H14N2O3/c18-11-5-10(7-16-8-11)15(20)17-14-12-4-2-1-3-9(12)6-13(14)19/h1-5,7-8,13-14,18-19H,6H2,(H,17,20)/t13-,14+/m0/s1. The normalized spacial score (nSPS) is 20.4. The highest BCUT2D eigenvalue weighted by Crippen LogP contribution is 2.31. The summed E-state index contributed by atoms with van der Waals surface area (Å²) in [6, 6.07) is 8.55. The van der Waals surface area contributed by atoms with Crippen molar-refractivity contribution in [3.8, 4) is 5.75 Å². The van der Waals surface area contributed by atoms with Gasteiger partial charge < -0.3 is 15.5 Å². The molecule has 5 heteroatoms. The van der Waals surface area contributed by atoms with Crippen LogP contribution in [-0.2, 0) is 6.42 Å². The molecule has 0 saturated heterocycles. The fourth-order valence-electron chi connectivity index (χ4n) is 2.52. The van der Waals surface area contributed by atoms with E-state index in [0.717, 1.165) is 11.1 Å². The maximum absolute atomic E-state index is 12.1. The van der Waals surface area contributed by atoms with Crippen LogP contribution in [0, 0.1) is 0 Å². The number of aromatic nitrogens is 1. The molecule has 1 aromatic heterocycles. The minimum Gasteiger partial charge on any atom is -0.506 e. The van der Waals surface area contributed by atoms with Crippen LogP contribution in [0.15, 0.2) is 42.7 Å². The highest BCUT2D eigenvalue weighted by molar-refractivity contribution is 5.94. The van der Waals surface area contributed by atoms with Crippen molar-refractivity contribution in [2.24, 2.45) is 0 Å². The molecule has 0 unspecified atom stereocenters. The third-order valence-corrected chi connectivity index (χ3v) is 3.48. The van der Waals surface area contributed by atoms with E-state index in [1.165, 1.54) is 18.5 Å². The van der Waals surface area contributed by atoms with E-state index in [1.807, 2.05) is 24.3 Å². The molecule has 3 N–H and O–H groups in total. The van der Waals surface area contributed by atoms with Crippen molar-refractivity contribution in [2.75, 3.05) is 0 Å². The number of nitrogens with one attached hydrogen (secondary N) is 1. The van der Waals surface area contributed by atoms with Gasteiger partial charge in [-0.15, -0.1) is 0 Å². The zero-order valence-electron chi connectivity index (χ0n) is 10.7. The highest BCUT2D eigenvalue weighted by Gasteiger charge is 2.32. The first kappa shape index (κ1) is 12.6. The van der Waals surface area contributed by atoms with E-state index in [-0.39, 0.29) is 17.2 Å². The van der Waals surface area contributed by atoms with E-state index in [2.05, 4.69) is 10.3 Å². The van der Waals surface area contributed by atoms with Crippen molar-refractivity contribution in [3.05, 3.63) is 59.4 Å². The van der Waals surface area contributed by atoms with Crippen molar-refractivity contribution in [1.82, 2.24) is 10.3 Å². The van der Waals surface area contributed by atoms with Crippen LogP contribution < -0.4 is 5.32 Å². The summed E-state index contributed by atoms with van der Waals surface area (Å²) in [5.41, 5.74) is 2.24. The average molecular weight is 270 g/mol. The summed E-state index contributed by atoms with van der Waals surface area (Å²) in [6.07, 6.45) is 2.53. The fourth-order valence-corrected chi connectivity index (χ4v) is 2.52. The summed E-state index contributed by atoms with van der Waals surface area (Å²) in [5, 5.41) is 22.2. The van der Waals surface area contributed by atoms with Gasteiger partial charge in [-0.3, -0.25) is 9.78 Å². The smallest absolute Gasteiger partial charge is 0.253 e. The SMILES string of the molecule is O=C(N[C@@H]1c2ccccc2C[C@@H]1O)c1cncc(O)c1. The number of nitrogens with zero attached hydrogens (tertiary/aromatic N) is 1. The van der Waals surface area contributed by atoms with Crippen LogP contribution in [0.3, 0.4) is 0 Å². The predicted molar refractivity (Wildman–Crippen MR) is 72.3 cm³/mol. The van der Waals surface area contributed by atoms with Gasteiger partial charge in [-0.1, -0.05) is 24.3 Å². The van der Waals surface area contributed by atoms with Gasteiger partial charge in [0.2, 0.25) is 0 Å². The predicted octanol–water partition coefficient (Wildman–Crippen LogP) is 1.18. The Morgan fingerprint density at radius 2 is 2.10 bits per heavy atom. The topological polar surface area (TPSA) is 82.5 Å². The van der Waals surface area contributed by atoms with Crippen molar-refractivity contribution < 1.29 is 15.0 Å². The van der Waals surface area contributed by atoms with Gasteiger partial charge in [0, 0.05) is 12.6 Å². The second-order valence-corrected chi connectivity index (χ2v) is 4.85. The lowest BCUT2D eigenvalue weighted by atomic mass is 10.1. The summed E-state index contributed by atoms with van der Waals surface area (Å²) in [4.78, 5) is 15.9. The summed E-state index contributed by atoms with van der Waals surface area (Å²) in [7, 11) is 0. The molecule has 0 fully saturated rings. The quantitative estimate of drug-likeness (QED) is 0.765. The Bertz CT molecular complexity index is 657. The van der Waals surface area contributed by atoms with Gasteiger partial charge >= 0.3 is 0 Å². The number of hydrogen-bond donors (Lipinski definition) is 3. The number of hydrogen-bond acceptors (Lipinski definition) is 4. The van der Waals surface area contributed by atoms with E-state index in [1.54, 1.807) is 0 Å². The van der Waals surface area contributed by atoms with E-state index in [4.69, 9.17) is 0 Å². The zero-order chi connectivity index (χ0) is 14.1. The van der Waals surface area contributed by atoms with Crippen LogP contribution in [0.1, 0.15) is 27.5 Å². The van der Waals surface area contributed by atoms with E-state index in [0.29, 0.717) is 6.42 Å². The molecular formula is C15H14N2O3. The molecule has 0 aliphatic heterocycles. The van der Waals surface area contributed by atoms with Gasteiger partial charge in [0.25, 0.3) is 5.91 Å². The minimum absolute atomic E-state index is 0.0648. The van der Waals surface area contributed by atoms with Crippen molar-refractivity contribution in [1.29, 1.82) is 0 Å². The van der Waals surface area contributed by atoms with Gasteiger partial charge in [-0.05, 0) is 17.2 Å². The zero-order valence-corrected chi connectivity index (χ0v) is 10.7. The van der Waals surface area contributed by atoms with Gasteiger partial charge in [-0.25, -0.2) is 0 Å². The number of rotatable bonds is 2. The largest absolute Gasteiger partial charge is 0.506 e. The van der Waals surface area contributed by atoms with Crippen LogP contribution in [0.5, 0.6) is 5.75 Å². The molecule has 3 rings (SSSR count). The van der Waals surface area contributed by atoms with Gasteiger partial charge in [0.05, 0.1) is 23.9 Å². The van der Waals surface area contributed by atoms with Crippen LogP contribution in [0.2, 0.25) is 0 Å². The molecule has 1 heterocycles. The summed E-state index contributed by atoms with van der Waals surface area (Å²) >= 11 is 0. The first-order chi connectivity index (χ1) is 9.65. The molecule has 2 aromatic rings. The number of aliphatic hydroxyl groups excluding tert-OH is 1. The first-order valence-electron chi connectivity index (χ1n) is 6.36. The number of aliphatic hydroxyl groups is 1. The Morgan fingerprint density at radius 1 is 1.30 bits per heavy atom. The molecule has 0 saturated carbocycles. The molecule has 1 amide bonds. The summed E-state index contributed by atoms with van der Waals surface area (Å²) < 4.78 is 0. The molecule has 1 aliphatic rings. The number of carbonyl (C=O) groups excluding carboxylic acids is 1. The highest BCUT2D eigenvalue weighted by atomic mass is 16.3. The van der Waals surface area contributed by atoms with Gasteiger partial charge in [-0.2, -0.15) is 0 Å². The number of benzene rings is 1. The molecule has 1 aliphatic carbocycles. The monoisotopic (exact) mass is 270 g/mol. The van der Waals surface area contributed by atoms with Crippen molar-refractivity contribution in [3.63, 3.8) is 0 Å². The van der Waals surface area contributed by atoms with Crippen LogP contribution in [0.25, 0.3) is 0 Å². The second-order valence-electron chi connectivity index (χ2n) is 4.85. The third-order valence-electron chi connectivity index (χ3n) is 3.48. The Balaban J connectivity index is 1.83. The molecule has 2 atom stereocenters. The number of pyridine rings is 1. The van der Waals surface area contributed by atoms with Gasteiger partial charge in [0.1, 0.15) is 5.75 Å². The lowest BCUT2D eigenvalue weighted by molar-refractivity contribution is 0.0857. The Hall–Kier alpha value is -2.40. The maximum Gasteiger partial charge on any atom is 0.253 e. The summed E-state index contributed by atoms with van der Waals surface area (Å²) in [6.45, 7) is 0. The number of amides is 1. The lowest BCUT2D eigenvalue weighted by Crippen LogP contribution is -2.33. The van der Waals surface area contributed by atoms with Crippen molar-refractivity contribution in [2.45, 2.75) is 18.6 Å². The second kappa shape index (κ2) is 4.94. The van der Waals surface area contributed by atoms with Crippen molar-refractivity contribution >= 4 is 5.91 Å². The fraction of sp³-hybridized carbons (Fsp3) is 0.200. The molecule has 0 bridgehead atoms. The lowest BCUT2D eigenvalue weighted by Gasteiger charge is -2.17. The minimum atomic E-state index is -0.637. The molecule has 0 spiro atoms. The van der Waals surface area contributed by atoms with Crippen LogP contribution in [-0.4, -0.2) is 27.2 Å². The third kappa shape index (κ3) is 2.23. The molecule has 1 aromatic carbocycles. The Kier molecular flexibility index (Phi) is 3.12. The van der Waals surface area contributed by atoms with E-state index in [9.17, 15) is 15.0 Å². The molecular weight excluding hydrogens is 256 g/mol. The molecule has 102 valence electrons. The molecule has 20 heavy (non-hydrogen) atoms.